The normalized spacial score (nSPS) is 10.4. The van der Waals surface area contributed by atoms with E-state index in [4.69, 9.17) is 4.74 Å². The number of hydrogen-bond acceptors (Lipinski definition) is 5. The monoisotopic (exact) mass is 340 g/mol. The smallest absolute Gasteiger partial charge is 0.343 e. The highest BCUT2D eigenvalue weighted by Gasteiger charge is 2.01. The predicted molar refractivity (Wildman–Crippen MR) is 93.9 cm³/mol. The minimum absolute atomic E-state index is 0.135. The number of aromatic nitrogens is 1. The lowest BCUT2D eigenvalue weighted by atomic mass is 10.2. The summed E-state index contributed by atoms with van der Waals surface area (Å²) in [6.45, 7) is 0.394. The molecule has 1 heterocycles. The van der Waals surface area contributed by atoms with Gasteiger partial charge in [-0.2, -0.15) is 0 Å². The van der Waals surface area contributed by atoms with Gasteiger partial charge in [-0.15, -0.1) is 0 Å². The lowest BCUT2D eigenvalue weighted by Gasteiger charge is -2.04. The molecular weight excluding hydrogens is 320 g/mol. The van der Waals surface area contributed by atoms with Crippen molar-refractivity contribution in [2.45, 2.75) is 6.42 Å². The number of hydrogen-bond donors (Lipinski definition) is 1. The first-order valence-corrected chi connectivity index (χ1v) is 7.83. The number of amides is 1. The van der Waals surface area contributed by atoms with Gasteiger partial charge < -0.3 is 14.8 Å². The van der Waals surface area contributed by atoms with Gasteiger partial charge in [-0.1, -0.05) is 18.2 Å². The number of carbonyl (C=O) groups is 2. The molecule has 1 aromatic heterocycles. The van der Waals surface area contributed by atoms with Gasteiger partial charge >= 0.3 is 5.97 Å². The van der Waals surface area contributed by atoms with Crippen LogP contribution in [-0.2, 0) is 20.7 Å². The lowest BCUT2D eigenvalue weighted by molar-refractivity contribution is -0.142. The van der Waals surface area contributed by atoms with E-state index in [1.807, 2.05) is 18.2 Å². The van der Waals surface area contributed by atoms with Gasteiger partial charge in [0.2, 0.25) is 5.91 Å². The maximum absolute atomic E-state index is 11.8. The van der Waals surface area contributed by atoms with Gasteiger partial charge in [0.1, 0.15) is 5.75 Å². The molecular formula is C19H20N2O4. The van der Waals surface area contributed by atoms with Crippen molar-refractivity contribution in [3.05, 3.63) is 66.0 Å². The van der Waals surface area contributed by atoms with Crippen molar-refractivity contribution in [3.63, 3.8) is 0 Å². The maximum Gasteiger partial charge on any atom is 0.343 e. The first-order chi connectivity index (χ1) is 12.2. The summed E-state index contributed by atoms with van der Waals surface area (Å²) in [7, 11) is 1.31. The number of carbonyl (C=O) groups excluding carboxylic acids is 2. The quantitative estimate of drug-likeness (QED) is 0.587. The third-order valence-corrected chi connectivity index (χ3v) is 3.30. The highest BCUT2D eigenvalue weighted by Crippen LogP contribution is 2.13. The molecule has 0 aliphatic heterocycles. The standard InChI is InChI=1S/C19H20N2O4/c1-24-19(23)14-25-17-8-5-15(6-9-17)7-10-18(22)21-13-11-16-4-2-3-12-20-16/h2-10,12H,11,13-14H2,1H3,(H,21,22)/b10-7+. The Balaban J connectivity index is 1.74. The summed E-state index contributed by atoms with van der Waals surface area (Å²) in [5, 5.41) is 2.81. The van der Waals surface area contributed by atoms with Crippen LogP contribution in [-0.4, -0.2) is 37.1 Å². The van der Waals surface area contributed by atoms with Crippen molar-refractivity contribution < 1.29 is 19.1 Å². The number of nitrogens with one attached hydrogen (secondary N) is 1. The lowest BCUT2D eigenvalue weighted by Crippen LogP contribution is -2.23. The average molecular weight is 340 g/mol. The van der Waals surface area contributed by atoms with Gasteiger partial charge in [0.15, 0.2) is 6.61 Å². The fourth-order valence-electron chi connectivity index (χ4n) is 1.97. The van der Waals surface area contributed by atoms with E-state index < -0.39 is 5.97 Å². The van der Waals surface area contributed by atoms with Crippen LogP contribution in [0.1, 0.15) is 11.3 Å². The minimum atomic E-state index is -0.439. The summed E-state index contributed by atoms with van der Waals surface area (Å²) in [4.78, 5) is 27.0. The second-order valence-electron chi connectivity index (χ2n) is 5.13. The Morgan fingerprint density at radius 2 is 1.96 bits per heavy atom. The van der Waals surface area contributed by atoms with Crippen LogP contribution in [0.3, 0.4) is 0 Å². The number of nitrogens with zero attached hydrogens (tertiary/aromatic N) is 1. The topological polar surface area (TPSA) is 77.5 Å². The van der Waals surface area contributed by atoms with E-state index in [-0.39, 0.29) is 12.5 Å². The Kier molecular flexibility index (Phi) is 7.18. The van der Waals surface area contributed by atoms with Crippen molar-refractivity contribution >= 4 is 18.0 Å². The molecule has 0 aliphatic carbocycles. The Morgan fingerprint density at radius 1 is 1.16 bits per heavy atom. The van der Waals surface area contributed by atoms with Crippen molar-refractivity contribution in [2.24, 2.45) is 0 Å². The van der Waals surface area contributed by atoms with Crippen LogP contribution in [0.4, 0.5) is 0 Å². The van der Waals surface area contributed by atoms with Crippen LogP contribution in [0, 0.1) is 0 Å². The molecule has 2 aromatic rings. The van der Waals surface area contributed by atoms with E-state index in [1.165, 1.54) is 13.2 Å². The first-order valence-electron chi connectivity index (χ1n) is 7.83. The summed E-state index contributed by atoms with van der Waals surface area (Å²) in [6, 6.07) is 12.7. The van der Waals surface area contributed by atoms with Crippen LogP contribution < -0.4 is 10.1 Å². The molecule has 1 aromatic carbocycles. The van der Waals surface area contributed by atoms with Crippen molar-refractivity contribution in [1.29, 1.82) is 0 Å². The molecule has 130 valence electrons. The molecule has 1 N–H and O–H groups in total. The van der Waals surface area contributed by atoms with Gasteiger partial charge in [-0.25, -0.2) is 4.79 Å². The van der Waals surface area contributed by atoms with E-state index in [2.05, 4.69) is 15.0 Å². The zero-order chi connectivity index (χ0) is 17.9. The Morgan fingerprint density at radius 3 is 2.64 bits per heavy atom. The molecule has 0 aliphatic rings. The van der Waals surface area contributed by atoms with Crippen LogP contribution in [0.15, 0.2) is 54.7 Å². The van der Waals surface area contributed by atoms with Crippen LogP contribution in [0.2, 0.25) is 0 Å². The maximum atomic E-state index is 11.8. The number of methoxy groups -OCH3 is 1. The molecule has 0 bridgehead atoms. The van der Waals surface area contributed by atoms with E-state index in [0.717, 1.165) is 11.3 Å². The fraction of sp³-hybridized carbons (Fsp3) is 0.211. The molecule has 6 heteroatoms. The number of ether oxygens (including phenoxy) is 2. The number of benzene rings is 1. The summed E-state index contributed by atoms with van der Waals surface area (Å²) < 4.78 is 9.75. The van der Waals surface area contributed by atoms with Crippen LogP contribution in [0.5, 0.6) is 5.75 Å². The third kappa shape index (κ3) is 6.87. The number of pyridine rings is 1. The molecule has 0 saturated carbocycles. The summed E-state index contributed by atoms with van der Waals surface area (Å²) in [5.41, 5.74) is 1.79. The molecule has 0 spiro atoms. The molecule has 0 saturated heterocycles. The Labute approximate surface area is 146 Å². The molecule has 0 radical (unpaired) electrons. The van der Waals surface area contributed by atoms with Crippen molar-refractivity contribution in [1.82, 2.24) is 10.3 Å². The second kappa shape index (κ2) is 9.87. The summed E-state index contributed by atoms with van der Waals surface area (Å²) >= 11 is 0. The fourth-order valence-corrected chi connectivity index (χ4v) is 1.97. The number of esters is 1. The van der Waals surface area contributed by atoms with Gasteiger partial charge in [-0.05, 0) is 35.9 Å². The van der Waals surface area contributed by atoms with Gasteiger partial charge in [0, 0.05) is 30.9 Å². The highest BCUT2D eigenvalue weighted by atomic mass is 16.6. The molecule has 25 heavy (non-hydrogen) atoms. The summed E-state index contributed by atoms with van der Waals surface area (Å²) in [6.07, 6.45) is 5.60. The van der Waals surface area contributed by atoms with Gasteiger partial charge in [0.05, 0.1) is 7.11 Å². The van der Waals surface area contributed by atoms with E-state index in [0.29, 0.717) is 18.7 Å². The van der Waals surface area contributed by atoms with Crippen molar-refractivity contribution in [3.8, 4) is 5.75 Å². The number of rotatable bonds is 8. The molecule has 0 atom stereocenters. The van der Waals surface area contributed by atoms with E-state index >= 15 is 0 Å². The molecule has 2 rings (SSSR count). The molecule has 1 amide bonds. The highest BCUT2D eigenvalue weighted by molar-refractivity contribution is 5.91. The SMILES string of the molecule is COC(=O)COc1ccc(/C=C/C(=O)NCCc2ccccn2)cc1. The largest absolute Gasteiger partial charge is 0.482 e. The Bertz CT molecular complexity index is 712. The van der Waals surface area contributed by atoms with Gasteiger partial charge in [-0.3, -0.25) is 9.78 Å². The molecule has 6 nitrogen and oxygen atoms in total. The van der Waals surface area contributed by atoms with Gasteiger partial charge in [0.25, 0.3) is 0 Å². The third-order valence-electron chi connectivity index (χ3n) is 3.30. The second-order valence-corrected chi connectivity index (χ2v) is 5.13. The first kappa shape index (κ1) is 18.2. The molecule has 0 fully saturated rings. The van der Waals surface area contributed by atoms with Crippen LogP contribution >= 0.6 is 0 Å². The predicted octanol–water partition coefficient (Wildman–Crippen LogP) is 2.01. The average Bonchev–Trinajstić information content (AvgIpc) is 2.66. The van der Waals surface area contributed by atoms with E-state index in [9.17, 15) is 9.59 Å². The van der Waals surface area contributed by atoms with Crippen LogP contribution in [0.25, 0.3) is 6.08 Å². The minimum Gasteiger partial charge on any atom is -0.482 e. The zero-order valence-corrected chi connectivity index (χ0v) is 14.0. The van der Waals surface area contributed by atoms with Crippen molar-refractivity contribution in [2.75, 3.05) is 20.3 Å². The zero-order valence-electron chi connectivity index (χ0n) is 14.0. The van der Waals surface area contributed by atoms with E-state index in [1.54, 1.807) is 36.5 Å². The Hall–Kier alpha value is -3.15. The summed E-state index contributed by atoms with van der Waals surface area (Å²) in [5.74, 6) is -0.0457. The molecule has 0 unspecified atom stereocenters.